The third-order valence-electron chi connectivity index (χ3n) is 2.72. The molecular formula is C9H17F3N2O2S. The highest BCUT2D eigenvalue weighted by Gasteiger charge is 2.51. The van der Waals surface area contributed by atoms with E-state index in [4.69, 9.17) is 0 Å². The lowest BCUT2D eigenvalue weighted by atomic mass is 10.1. The van der Waals surface area contributed by atoms with Crippen LogP contribution in [0.15, 0.2) is 0 Å². The summed E-state index contributed by atoms with van der Waals surface area (Å²) in [5, 5.41) is 2.92. The van der Waals surface area contributed by atoms with Gasteiger partial charge in [-0.15, -0.1) is 0 Å². The first-order chi connectivity index (χ1) is 7.80. The Morgan fingerprint density at radius 3 is 2.47 bits per heavy atom. The molecule has 0 saturated carbocycles. The van der Waals surface area contributed by atoms with Crippen molar-refractivity contribution in [2.45, 2.75) is 37.7 Å². The van der Waals surface area contributed by atoms with Crippen LogP contribution in [0.1, 0.15) is 26.2 Å². The highest BCUT2D eigenvalue weighted by Crippen LogP contribution is 2.29. The number of hydrogen-bond donors (Lipinski definition) is 1. The van der Waals surface area contributed by atoms with Crippen molar-refractivity contribution in [1.82, 2.24) is 9.62 Å². The van der Waals surface area contributed by atoms with Gasteiger partial charge in [-0.05, 0) is 25.8 Å². The Labute approximate surface area is 99.2 Å². The van der Waals surface area contributed by atoms with Crippen molar-refractivity contribution in [3.8, 4) is 0 Å². The van der Waals surface area contributed by atoms with Crippen LogP contribution in [0.4, 0.5) is 13.2 Å². The second-order valence-electron chi connectivity index (χ2n) is 4.06. The summed E-state index contributed by atoms with van der Waals surface area (Å²) in [7, 11) is -5.21. The molecule has 1 fully saturated rings. The molecule has 1 unspecified atom stereocenters. The molecule has 0 spiro atoms. The SMILES string of the molecule is CCCN(C1CCCNC1)S(=O)(=O)C(F)(F)F. The van der Waals surface area contributed by atoms with Crippen LogP contribution in [0.5, 0.6) is 0 Å². The molecule has 8 heteroatoms. The van der Waals surface area contributed by atoms with Crippen LogP contribution in [-0.4, -0.2) is 43.9 Å². The summed E-state index contributed by atoms with van der Waals surface area (Å²) in [6, 6.07) is -0.588. The molecule has 0 aliphatic carbocycles. The quantitative estimate of drug-likeness (QED) is 0.840. The van der Waals surface area contributed by atoms with Gasteiger partial charge < -0.3 is 5.32 Å². The molecule has 1 atom stereocenters. The fraction of sp³-hybridized carbons (Fsp3) is 1.00. The van der Waals surface area contributed by atoms with Gasteiger partial charge in [-0.1, -0.05) is 6.92 Å². The Morgan fingerprint density at radius 2 is 2.06 bits per heavy atom. The van der Waals surface area contributed by atoms with Crippen molar-refractivity contribution < 1.29 is 21.6 Å². The molecule has 1 heterocycles. The lowest BCUT2D eigenvalue weighted by molar-refractivity contribution is -0.0503. The van der Waals surface area contributed by atoms with E-state index in [0.29, 0.717) is 23.6 Å². The van der Waals surface area contributed by atoms with E-state index in [9.17, 15) is 21.6 Å². The number of piperidine rings is 1. The molecule has 17 heavy (non-hydrogen) atoms. The summed E-state index contributed by atoms with van der Waals surface area (Å²) < 4.78 is 61.0. The molecule has 0 aromatic rings. The third-order valence-corrected chi connectivity index (χ3v) is 4.41. The number of hydrogen-bond acceptors (Lipinski definition) is 3. The largest absolute Gasteiger partial charge is 0.511 e. The number of halogens is 3. The molecule has 0 amide bonds. The molecule has 1 aliphatic rings. The molecule has 0 radical (unpaired) electrons. The lowest BCUT2D eigenvalue weighted by Gasteiger charge is -2.33. The van der Waals surface area contributed by atoms with Crippen molar-refractivity contribution in [3.63, 3.8) is 0 Å². The lowest BCUT2D eigenvalue weighted by Crippen LogP contribution is -2.52. The maximum Gasteiger partial charge on any atom is 0.511 e. The van der Waals surface area contributed by atoms with Crippen LogP contribution in [0.25, 0.3) is 0 Å². The average Bonchev–Trinajstić information content (AvgIpc) is 2.25. The van der Waals surface area contributed by atoms with E-state index in [-0.39, 0.29) is 13.1 Å². The van der Waals surface area contributed by atoms with Gasteiger partial charge in [0, 0.05) is 19.1 Å². The number of nitrogens with one attached hydrogen (secondary N) is 1. The van der Waals surface area contributed by atoms with Crippen LogP contribution < -0.4 is 5.32 Å². The number of nitrogens with zero attached hydrogens (tertiary/aromatic N) is 1. The van der Waals surface area contributed by atoms with Crippen molar-refractivity contribution in [2.24, 2.45) is 0 Å². The summed E-state index contributed by atoms with van der Waals surface area (Å²) in [6.07, 6.45) is 1.53. The maximum absolute atomic E-state index is 12.5. The van der Waals surface area contributed by atoms with Crippen molar-refractivity contribution in [2.75, 3.05) is 19.6 Å². The Bertz CT molecular complexity index is 337. The van der Waals surface area contributed by atoms with Gasteiger partial charge in [0.1, 0.15) is 0 Å². The molecule has 102 valence electrons. The molecule has 1 N–H and O–H groups in total. The van der Waals surface area contributed by atoms with Gasteiger partial charge in [0.25, 0.3) is 0 Å². The Balaban J connectivity index is 2.92. The first-order valence-electron chi connectivity index (χ1n) is 5.59. The minimum atomic E-state index is -5.21. The minimum Gasteiger partial charge on any atom is -0.315 e. The predicted molar refractivity (Wildman–Crippen MR) is 57.9 cm³/mol. The average molecular weight is 274 g/mol. The first-order valence-corrected chi connectivity index (χ1v) is 7.03. The Hall–Kier alpha value is -0.340. The number of alkyl halides is 3. The van der Waals surface area contributed by atoms with Gasteiger partial charge in [0.05, 0.1) is 0 Å². The first kappa shape index (κ1) is 14.7. The van der Waals surface area contributed by atoms with E-state index in [2.05, 4.69) is 5.32 Å². The van der Waals surface area contributed by atoms with Crippen LogP contribution in [0, 0.1) is 0 Å². The second kappa shape index (κ2) is 5.53. The maximum atomic E-state index is 12.5. The van der Waals surface area contributed by atoms with E-state index >= 15 is 0 Å². The van der Waals surface area contributed by atoms with Gasteiger partial charge >= 0.3 is 15.5 Å². The van der Waals surface area contributed by atoms with Crippen LogP contribution in [0.2, 0.25) is 0 Å². The molecule has 1 saturated heterocycles. The molecule has 0 aromatic carbocycles. The smallest absolute Gasteiger partial charge is 0.315 e. The summed E-state index contributed by atoms with van der Waals surface area (Å²) >= 11 is 0. The van der Waals surface area contributed by atoms with Crippen molar-refractivity contribution >= 4 is 10.0 Å². The predicted octanol–water partition coefficient (Wildman–Crippen LogP) is 1.30. The minimum absolute atomic E-state index is 0.0891. The highest BCUT2D eigenvalue weighted by molar-refractivity contribution is 7.90. The number of rotatable bonds is 4. The zero-order chi connectivity index (χ0) is 13.1. The standard InChI is InChI=1S/C9H17F3N2O2S/c1-2-6-14(8-4-3-5-13-7-8)17(15,16)9(10,11)12/h8,13H,2-7H2,1H3. The van der Waals surface area contributed by atoms with Crippen LogP contribution >= 0.6 is 0 Å². The van der Waals surface area contributed by atoms with Gasteiger partial charge in [-0.2, -0.15) is 17.5 Å². The van der Waals surface area contributed by atoms with Gasteiger partial charge in [0.15, 0.2) is 0 Å². The van der Waals surface area contributed by atoms with E-state index in [1.807, 2.05) is 0 Å². The Kier molecular flexibility index (Phi) is 4.79. The monoisotopic (exact) mass is 274 g/mol. The van der Waals surface area contributed by atoms with Crippen LogP contribution in [-0.2, 0) is 10.0 Å². The van der Waals surface area contributed by atoms with Gasteiger partial charge in [0.2, 0.25) is 0 Å². The van der Waals surface area contributed by atoms with E-state index in [1.54, 1.807) is 6.92 Å². The zero-order valence-corrected chi connectivity index (χ0v) is 10.4. The summed E-state index contributed by atoms with van der Waals surface area (Å²) in [6.45, 7) is 2.58. The fourth-order valence-electron chi connectivity index (χ4n) is 1.93. The number of sulfonamides is 1. The van der Waals surface area contributed by atoms with Crippen molar-refractivity contribution in [3.05, 3.63) is 0 Å². The summed E-state index contributed by atoms with van der Waals surface area (Å²) in [5.41, 5.74) is -5.21. The van der Waals surface area contributed by atoms with Crippen molar-refractivity contribution in [1.29, 1.82) is 0 Å². The molecule has 1 aliphatic heterocycles. The summed E-state index contributed by atoms with van der Waals surface area (Å²) in [4.78, 5) is 0. The Morgan fingerprint density at radius 1 is 1.41 bits per heavy atom. The third kappa shape index (κ3) is 3.32. The second-order valence-corrected chi connectivity index (χ2v) is 5.94. The topological polar surface area (TPSA) is 49.4 Å². The van der Waals surface area contributed by atoms with Gasteiger partial charge in [-0.25, -0.2) is 8.42 Å². The van der Waals surface area contributed by atoms with Crippen LogP contribution in [0.3, 0.4) is 0 Å². The molecule has 1 rings (SSSR count). The zero-order valence-electron chi connectivity index (χ0n) is 9.63. The van der Waals surface area contributed by atoms with E-state index < -0.39 is 21.6 Å². The molecular weight excluding hydrogens is 257 g/mol. The summed E-state index contributed by atoms with van der Waals surface area (Å²) in [5.74, 6) is 0. The van der Waals surface area contributed by atoms with Gasteiger partial charge in [-0.3, -0.25) is 0 Å². The van der Waals surface area contributed by atoms with E-state index in [0.717, 1.165) is 6.54 Å². The fourth-order valence-corrected chi connectivity index (χ4v) is 3.19. The normalized spacial score (nSPS) is 23.0. The molecule has 0 aromatic heterocycles. The molecule has 4 nitrogen and oxygen atoms in total. The molecule has 0 bridgehead atoms. The highest BCUT2D eigenvalue weighted by atomic mass is 32.2. The van der Waals surface area contributed by atoms with E-state index in [1.165, 1.54) is 0 Å².